The predicted molar refractivity (Wildman–Crippen MR) is 231 cm³/mol. The molecular formula is C49H30N2OS2. The van der Waals surface area contributed by atoms with Gasteiger partial charge in [-0.05, 0) is 89.0 Å². The van der Waals surface area contributed by atoms with Crippen molar-refractivity contribution in [2.75, 3.05) is 4.90 Å². The molecule has 11 aromatic rings. The minimum Gasteiger partial charge on any atom is -0.456 e. The average molecular weight is 727 g/mol. The molecule has 0 aliphatic heterocycles. The molecule has 0 aliphatic rings. The summed E-state index contributed by atoms with van der Waals surface area (Å²) in [6.45, 7) is 0. The Balaban J connectivity index is 1.03. The maximum atomic E-state index is 6.35. The van der Waals surface area contributed by atoms with Gasteiger partial charge in [0, 0.05) is 42.5 Å². The standard InChI is InChI=1S/C49H30N2OS2/c1-3-10-31(11-4-1)32-18-23-36(24-19-32)51(41-15-9-17-43-46(41)38-14-7-8-16-42(38)52-43)37-25-20-33(21-26-37)35-22-28-44-39(30-35)47-45(53-44)29-27-40-48(47)54-49(50-40)34-12-5-2-6-13-34/h1-30H. The molecular weight excluding hydrogens is 697 g/mol. The van der Waals surface area contributed by atoms with Crippen LogP contribution in [-0.4, -0.2) is 4.98 Å². The third-order valence-corrected chi connectivity index (χ3v) is 12.6. The molecule has 254 valence electrons. The molecule has 0 unspecified atom stereocenters. The monoisotopic (exact) mass is 726 g/mol. The number of hydrogen-bond donors (Lipinski definition) is 0. The average Bonchev–Trinajstić information content (AvgIpc) is 3.95. The van der Waals surface area contributed by atoms with E-state index in [9.17, 15) is 0 Å². The predicted octanol–water partition coefficient (Wildman–Crippen LogP) is 15.0. The van der Waals surface area contributed by atoms with Crippen LogP contribution >= 0.6 is 22.7 Å². The van der Waals surface area contributed by atoms with Gasteiger partial charge in [0.2, 0.25) is 0 Å². The van der Waals surface area contributed by atoms with Crippen molar-refractivity contribution in [3.8, 4) is 32.8 Å². The van der Waals surface area contributed by atoms with Gasteiger partial charge in [0.25, 0.3) is 0 Å². The zero-order valence-corrected chi connectivity index (χ0v) is 30.6. The maximum Gasteiger partial charge on any atom is 0.137 e. The highest BCUT2D eigenvalue weighted by Gasteiger charge is 2.20. The molecule has 0 saturated carbocycles. The van der Waals surface area contributed by atoms with Crippen LogP contribution in [0, 0.1) is 0 Å². The maximum absolute atomic E-state index is 6.35. The lowest BCUT2D eigenvalue weighted by Gasteiger charge is -2.26. The quantitative estimate of drug-likeness (QED) is 0.171. The SMILES string of the molecule is c1ccc(-c2ccc(N(c3ccc(-c4ccc5sc6ccc7nc(-c8ccccc8)sc7c6c5c4)cc3)c3cccc4oc5ccccc5c34)cc2)cc1. The second-order valence-electron chi connectivity index (χ2n) is 13.5. The number of para-hydroxylation sites is 1. The van der Waals surface area contributed by atoms with Gasteiger partial charge in [0.15, 0.2) is 0 Å². The van der Waals surface area contributed by atoms with Crippen LogP contribution in [-0.2, 0) is 0 Å². The molecule has 3 nitrogen and oxygen atoms in total. The summed E-state index contributed by atoms with van der Waals surface area (Å²) in [5.74, 6) is 0. The summed E-state index contributed by atoms with van der Waals surface area (Å²) in [6.07, 6.45) is 0. The molecule has 11 rings (SSSR count). The van der Waals surface area contributed by atoms with Crippen molar-refractivity contribution < 1.29 is 4.42 Å². The number of benzene rings is 8. The van der Waals surface area contributed by atoms with E-state index in [0.717, 1.165) is 55.1 Å². The first-order chi connectivity index (χ1) is 26.7. The van der Waals surface area contributed by atoms with Crippen LogP contribution < -0.4 is 4.90 Å². The summed E-state index contributed by atoms with van der Waals surface area (Å²) < 4.78 is 10.2. The van der Waals surface area contributed by atoms with E-state index in [1.807, 2.05) is 23.5 Å². The van der Waals surface area contributed by atoms with Crippen LogP contribution in [0.1, 0.15) is 0 Å². The minimum absolute atomic E-state index is 0.874. The number of hydrogen-bond acceptors (Lipinski definition) is 5. The molecule has 0 bridgehead atoms. The Labute approximate surface area is 319 Å². The Kier molecular flexibility index (Phi) is 7.22. The first kappa shape index (κ1) is 31.0. The first-order valence-corrected chi connectivity index (χ1v) is 19.7. The Bertz CT molecular complexity index is 3140. The van der Waals surface area contributed by atoms with Crippen LogP contribution in [0.3, 0.4) is 0 Å². The lowest BCUT2D eigenvalue weighted by atomic mass is 10.0. The number of aromatic nitrogens is 1. The van der Waals surface area contributed by atoms with Gasteiger partial charge in [0.05, 0.1) is 21.3 Å². The van der Waals surface area contributed by atoms with E-state index >= 15 is 0 Å². The van der Waals surface area contributed by atoms with Gasteiger partial charge in [0.1, 0.15) is 16.2 Å². The largest absolute Gasteiger partial charge is 0.456 e. The molecule has 5 heteroatoms. The number of thiazole rings is 1. The topological polar surface area (TPSA) is 29.3 Å². The van der Waals surface area contributed by atoms with Crippen molar-refractivity contribution in [1.82, 2.24) is 4.98 Å². The van der Waals surface area contributed by atoms with E-state index in [2.05, 4.69) is 175 Å². The van der Waals surface area contributed by atoms with E-state index in [4.69, 9.17) is 9.40 Å². The fraction of sp³-hybridized carbons (Fsp3) is 0. The summed E-state index contributed by atoms with van der Waals surface area (Å²) in [4.78, 5) is 7.39. The van der Waals surface area contributed by atoms with Crippen molar-refractivity contribution in [3.05, 3.63) is 182 Å². The fourth-order valence-electron chi connectivity index (χ4n) is 7.74. The first-order valence-electron chi connectivity index (χ1n) is 18.0. The smallest absolute Gasteiger partial charge is 0.137 e. The van der Waals surface area contributed by atoms with Crippen LogP contribution in [0.2, 0.25) is 0 Å². The second-order valence-corrected chi connectivity index (χ2v) is 15.6. The van der Waals surface area contributed by atoms with Gasteiger partial charge in [-0.25, -0.2) is 4.98 Å². The molecule has 54 heavy (non-hydrogen) atoms. The van der Waals surface area contributed by atoms with Crippen LogP contribution in [0.15, 0.2) is 186 Å². The van der Waals surface area contributed by atoms with E-state index in [1.54, 1.807) is 11.3 Å². The zero-order chi connectivity index (χ0) is 35.6. The van der Waals surface area contributed by atoms with E-state index in [1.165, 1.54) is 47.1 Å². The van der Waals surface area contributed by atoms with E-state index in [0.29, 0.717) is 0 Å². The Hall–Kier alpha value is -6.53. The minimum atomic E-state index is 0.874. The zero-order valence-electron chi connectivity index (χ0n) is 28.9. The summed E-state index contributed by atoms with van der Waals surface area (Å²) in [7, 11) is 0. The molecule has 0 aliphatic carbocycles. The van der Waals surface area contributed by atoms with Gasteiger partial charge in [-0.3, -0.25) is 0 Å². The highest BCUT2D eigenvalue weighted by molar-refractivity contribution is 7.28. The lowest BCUT2D eigenvalue weighted by molar-refractivity contribution is 0.669. The van der Waals surface area contributed by atoms with Gasteiger partial charge in [-0.15, -0.1) is 22.7 Å². The molecule has 0 radical (unpaired) electrons. The highest BCUT2D eigenvalue weighted by Crippen LogP contribution is 2.45. The fourth-order valence-corrected chi connectivity index (χ4v) is 10.0. The number of fused-ring (bicyclic) bond motifs is 8. The lowest BCUT2D eigenvalue weighted by Crippen LogP contribution is -2.10. The normalized spacial score (nSPS) is 11.7. The van der Waals surface area contributed by atoms with Crippen molar-refractivity contribution in [2.45, 2.75) is 0 Å². The van der Waals surface area contributed by atoms with Crippen molar-refractivity contribution in [1.29, 1.82) is 0 Å². The molecule has 0 spiro atoms. The molecule has 0 atom stereocenters. The Morgan fingerprint density at radius 3 is 1.80 bits per heavy atom. The van der Waals surface area contributed by atoms with E-state index in [-0.39, 0.29) is 0 Å². The Morgan fingerprint density at radius 1 is 0.426 bits per heavy atom. The molecule has 0 amide bonds. The van der Waals surface area contributed by atoms with Gasteiger partial charge in [-0.1, -0.05) is 115 Å². The number of nitrogens with zero attached hydrogens (tertiary/aromatic N) is 2. The number of furan rings is 1. The van der Waals surface area contributed by atoms with Crippen molar-refractivity contribution in [3.63, 3.8) is 0 Å². The van der Waals surface area contributed by atoms with Gasteiger partial charge < -0.3 is 9.32 Å². The summed E-state index contributed by atoms with van der Waals surface area (Å²) in [5, 5.41) is 5.85. The van der Waals surface area contributed by atoms with Crippen molar-refractivity contribution in [2.24, 2.45) is 0 Å². The molecule has 8 aromatic carbocycles. The molecule has 0 N–H and O–H groups in total. The highest BCUT2D eigenvalue weighted by atomic mass is 32.1. The molecule has 3 aromatic heterocycles. The number of anilines is 3. The summed E-state index contributed by atoms with van der Waals surface area (Å²) in [5.41, 5.74) is 12.0. The third-order valence-electron chi connectivity index (χ3n) is 10.3. The second kappa shape index (κ2) is 12.6. The molecule has 0 fully saturated rings. The number of rotatable bonds is 6. The van der Waals surface area contributed by atoms with Crippen LogP contribution in [0.5, 0.6) is 0 Å². The van der Waals surface area contributed by atoms with Gasteiger partial charge in [-0.2, -0.15) is 0 Å². The third kappa shape index (κ3) is 5.12. The van der Waals surface area contributed by atoms with Crippen LogP contribution in [0.4, 0.5) is 17.1 Å². The number of thiophene rings is 1. The Morgan fingerprint density at radius 2 is 1.04 bits per heavy atom. The van der Waals surface area contributed by atoms with Gasteiger partial charge >= 0.3 is 0 Å². The van der Waals surface area contributed by atoms with Crippen LogP contribution in [0.25, 0.3) is 85.2 Å². The van der Waals surface area contributed by atoms with Crippen molar-refractivity contribution >= 4 is 92.1 Å². The molecule has 0 saturated heterocycles. The summed E-state index contributed by atoms with van der Waals surface area (Å²) in [6, 6.07) is 64.8. The van der Waals surface area contributed by atoms with E-state index < -0.39 is 0 Å². The summed E-state index contributed by atoms with van der Waals surface area (Å²) >= 11 is 3.64. The molecule has 3 heterocycles.